The van der Waals surface area contributed by atoms with Gasteiger partial charge in [-0.05, 0) is 50.1 Å². The Morgan fingerprint density at radius 2 is 1.81 bits per heavy atom. The molecule has 3 atom stereocenters. The van der Waals surface area contributed by atoms with Gasteiger partial charge in [-0.1, -0.05) is 20.8 Å². The molecule has 2 rings (SSSR count). The molecule has 4 nitrogen and oxygen atoms in total. The van der Waals surface area contributed by atoms with Crippen molar-refractivity contribution in [2.24, 2.45) is 22.7 Å². The number of nitrogens with zero attached hydrogens (tertiary/aromatic N) is 3. The fraction of sp³-hybridized carbons (Fsp3) is 0.941. The summed E-state index contributed by atoms with van der Waals surface area (Å²) in [6, 6.07) is 0. The Balaban J connectivity index is 1.76. The van der Waals surface area contributed by atoms with Crippen molar-refractivity contribution < 1.29 is 0 Å². The normalized spacial score (nSPS) is 29.7. The molecule has 1 N–H and O–H groups in total. The smallest absolute Gasteiger partial charge is 0.193 e. The van der Waals surface area contributed by atoms with E-state index in [1.165, 1.54) is 38.9 Å². The molecule has 2 fully saturated rings. The van der Waals surface area contributed by atoms with Crippen LogP contribution in [0.5, 0.6) is 0 Å². The Morgan fingerprint density at radius 3 is 2.38 bits per heavy atom. The van der Waals surface area contributed by atoms with Gasteiger partial charge in [0, 0.05) is 33.2 Å². The third kappa shape index (κ3) is 5.17. The molecule has 0 spiro atoms. The van der Waals surface area contributed by atoms with Crippen LogP contribution in [-0.4, -0.2) is 62.1 Å². The number of piperidine rings is 1. The maximum absolute atomic E-state index is 4.50. The van der Waals surface area contributed by atoms with Crippen LogP contribution in [0.4, 0.5) is 0 Å². The van der Waals surface area contributed by atoms with Gasteiger partial charge in [0.25, 0.3) is 0 Å². The lowest BCUT2D eigenvalue weighted by atomic mass is 9.92. The molecular formula is C17H34N4. The van der Waals surface area contributed by atoms with Gasteiger partial charge in [-0.3, -0.25) is 4.99 Å². The lowest BCUT2D eigenvalue weighted by molar-refractivity contribution is 0.207. The van der Waals surface area contributed by atoms with Crippen LogP contribution in [0.1, 0.15) is 40.0 Å². The highest BCUT2D eigenvalue weighted by Crippen LogP contribution is 2.20. The van der Waals surface area contributed by atoms with Crippen LogP contribution in [0.3, 0.4) is 0 Å². The van der Waals surface area contributed by atoms with E-state index in [4.69, 9.17) is 0 Å². The van der Waals surface area contributed by atoms with Crippen molar-refractivity contribution in [1.29, 1.82) is 0 Å². The zero-order valence-corrected chi connectivity index (χ0v) is 14.4. The molecule has 21 heavy (non-hydrogen) atoms. The molecular weight excluding hydrogens is 260 g/mol. The Morgan fingerprint density at radius 1 is 1.19 bits per heavy atom. The Kier molecular flexibility index (Phi) is 6.34. The van der Waals surface area contributed by atoms with Crippen LogP contribution in [0.2, 0.25) is 0 Å². The summed E-state index contributed by atoms with van der Waals surface area (Å²) in [7, 11) is 1.91. The number of hydrogen-bond donors (Lipinski definition) is 1. The average molecular weight is 294 g/mol. The maximum atomic E-state index is 4.50. The van der Waals surface area contributed by atoms with Crippen molar-refractivity contribution in [3.05, 3.63) is 0 Å². The number of likely N-dealkylation sites (tertiary alicyclic amines) is 2. The van der Waals surface area contributed by atoms with Crippen LogP contribution in [0, 0.1) is 17.8 Å². The first-order valence-corrected chi connectivity index (χ1v) is 8.76. The monoisotopic (exact) mass is 294 g/mol. The molecule has 2 aliphatic rings. The van der Waals surface area contributed by atoms with E-state index >= 15 is 0 Å². The number of rotatable bonds is 4. The van der Waals surface area contributed by atoms with Gasteiger partial charge in [0.1, 0.15) is 0 Å². The maximum Gasteiger partial charge on any atom is 0.193 e. The molecule has 122 valence electrons. The highest BCUT2D eigenvalue weighted by molar-refractivity contribution is 5.80. The first-order valence-electron chi connectivity index (χ1n) is 8.76. The molecule has 2 saturated heterocycles. The molecule has 0 saturated carbocycles. The number of hydrogen-bond acceptors (Lipinski definition) is 2. The second kappa shape index (κ2) is 8.02. The Bertz CT molecular complexity index is 326. The van der Waals surface area contributed by atoms with E-state index < -0.39 is 0 Å². The zero-order chi connectivity index (χ0) is 15.2. The van der Waals surface area contributed by atoms with Gasteiger partial charge in [0.15, 0.2) is 5.96 Å². The summed E-state index contributed by atoms with van der Waals surface area (Å²) < 4.78 is 0. The Labute approximate surface area is 131 Å². The van der Waals surface area contributed by atoms with E-state index in [-0.39, 0.29) is 0 Å². The summed E-state index contributed by atoms with van der Waals surface area (Å²) in [5.41, 5.74) is 0. The van der Waals surface area contributed by atoms with Gasteiger partial charge in [-0.25, -0.2) is 0 Å². The molecule has 3 unspecified atom stereocenters. The second-order valence-corrected chi connectivity index (χ2v) is 7.39. The molecule has 0 radical (unpaired) electrons. The van der Waals surface area contributed by atoms with Gasteiger partial charge in [-0.2, -0.15) is 0 Å². The number of nitrogens with one attached hydrogen (secondary N) is 1. The standard InChI is InChI=1S/C17H34N4/c1-14-9-15(2)13-21(12-14)17(18-4)19-10-16(3)11-20-7-5-6-8-20/h14-16H,5-13H2,1-4H3,(H,18,19). The minimum atomic E-state index is 0.680. The highest BCUT2D eigenvalue weighted by atomic mass is 15.3. The first kappa shape index (κ1) is 16.6. The fourth-order valence-corrected chi connectivity index (χ4v) is 3.90. The third-order valence-corrected chi connectivity index (χ3v) is 4.76. The summed E-state index contributed by atoms with van der Waals surface area (Å²) in [5.74, 6) is 3.32. The van der Waals surface area contributed by atoms with Gasteiger partial charge in [-0.15, -0.1) is 0 Å². The molecule has 0 amide bonds. The molecule has 0 aromatic rings. The molecule has 4 heteroatoms. The predicted octanol–water partition coefficient (Wildman–Crippen LogP) is 2.27. The fourth-order valence-electron chi connectivity index (χ4n) is 3.90. The van der Waals surface area contributed by atoms with Crippen molar-refractivity contribution in [3.63, 3.8) is 0 Å². The van der Waals surface area contributed by atoms with Crippen LogP contribution in [0.15, 0.2) is 4.99 Å². The minimum absolute atomic E-state index is 0.680. The van der Waals surface area contributed by atoms with Gasteiger partial charge >= 0.3 is 0 Å². The van der Waals surface area contributed by atoms with Crippen molar-refractivity contribution in [2.45, 2.75) is 40.0 Å². The summed E-state index contributed by atoms with van der Waals surface area (Å²) >= 11 is 0. The van der Waals surface area contributed by atoms with Crippen molar-refractivity contribution in [1.82, 2.24) is 15.1 Å². The quantitative estimate of drug-likeness (QED) is 0.637. The van der Waals surface area contributed by atoms with E-state index in [0.717, 1.165) is 37.4 Å². The Hall–Kier alpha value is -0.770. The number of guanidine groups is 1. The minimum Gasteiger partial charge on any atom is -0.356 e. The zero-order valence-electron chi connectivity index (χ0n) is 14.4. The molecule has 2 heterocycles. The second-order valence-electron chi connectivity index (χ2n) is 7.39. The van der Waals surface area contributed by atoms with Crippen LogP contribution in [-0.2, 0) is 0 Å². The average Bonchev–Trinajstić information content (AvgIpc) is 2.91. The van der Waals surface area contributed by atoms with E-state index in [1.54, 1.807) is 0 Å². The largest absolute Gasteiger partial charge is 0.356 e. The highest BCUT2D eigenvalue weighted by Gasteiger charge is 2.24. The predicted molar refractivity (Wildman–Crippen MR) is 90.7 cm³/mol. The lowest BCUT2D eigenvalue weighted by Crippen LogP contribution is -2.49. The van der Waals surface area contributed by atoms with Gasteiger partial charge < -0.3 is 15.1 Å². The van der Waals surface area contributed by atoms with Crippen LogP contribution >= 0.6 is 0 Å². The number of aliphatic imine (C=N–C) groups is 1. The van der Waals surface area contributed by atoms with Crippen LogP contribution < -0.4 is 5.32 Å². The molecule has 0 bridgehead atoms. The van der Waals surface area contributed by atoms with Crippen molar-refractivity contribution in [2.75, 3.05) is 46.3 Å². The van der Waals surface area contributed by atoms with Crippen LogP contribution in [0.25, 0.3) is 0 Å². The summed E-state index contributed by atoms with van der Waals surface area (Å²) in [4.78, 5) is 9.55. The lowest BCUT2D eigenvalue weighted by Gasteiger charge is -2.37. The van der Waals surface area contributed by atoms with Gasteiger partial charge in [0.05, 0.1) is 0 Å². The van der Waals surface area contributed by atoms with Crippen molar-refractivity contribution >= 4 is 5.96 Å². The molecule has 0 aromatic heterocycles. The molecule has 2 aliphatic heterocycles. The van der Waals surface area contributed by atoms with E-state index in [9.17, 15) is 0 Å². The van der Waals surface area contributed by atoms with E-state index in [2.05, 4.69) is 40.9 Å². The summed E-state index contributed by atoms with van der Waals surface area (Å²) in [6.45, 7) is 14.2. The summed E-state index contributed by atoms with van der Waals surface area (Å²) in [6.07, 6.45) is 4.11. The van der Waals surface area contributed by atoms with Crippen molar-refractivity contribution in [3.8, 4) is 0 Å². The third-order valence-electron chi connectivity index (χ3n) is 4.76. The van der Waals surface area contributed by atoms with Gasteiger partial charge in [0.2, 0.25) is 0 Å². The van der Waals surface area contributed by atoms with E-state index in [0.29, 0.717) is 5.92 Å². The SMILES string of the molecule is CN=C(NCC(C)CN1CCCC1)N1CC(C)CC(C)C1. The molecule has 0 aliphatic carbocycles. The first-order chi connectivity index (χ1) is 10.1. The van der Waals surface area contributed by atoms with E-state index in [1.807, 2.05) is 7.05 Å². The summed E-state index contributed by atoms with van der Waals surface area (Å²) in [5, 5.41) is 3.60. The topological polar surface area (TPSA) is 30.9 Å². The molecule has 0 aromatic carbocycles.